The summed E-state index contributed by atoms with van der Waals surface area (Å²) >= 11 is 0. The summed E-state index contributed by atoms with van der Waals surface area (Å²) in [5, 5.41) is 7.74. The minimum Gasteiger partial charge on any atom is -0.381 e. The van der Waals surface area contributed by atoms with Gasteiger partial charge in [-0.05, 0) is 0 Å². The molecule has 2 heterocycles. The fraction of sp³-hybridized carbons (Fsp3) is 0.667. The van der Waals surface area contributed by atoms with Crippen LogP contribution in [0.15, 0.2) is 6.20 Å². The number of anilines is 1. The molecule has 0 atom stereocenters. The molecule has 2 rings (SSSR count). The van der Waals surface area contributed by atoms with Gasteiger partial charge in [-0.2, -0.15) is 9.90 Å². The van der Waals surface area contributed by atoms with Gasteiger partial charge in [0.2, 0.25) is 0 Å². The molecule has 72 valence electrons. The van der Waals surface area contributed by atoms with Gasteiger partial charge >= 0.3 is 0 Å². The minimum atomic E-state index is -2.74. The van der Waals surface area contributed by atoms with Crippen LogP contribution in [0.2, 0.25) is 0 Å². The molecule has 0 amide bonds. The molecule has 0 aliphatic carbocycles. The first kappa shape index (κ1) is 8.49. The highest BCUT2D eigenvalue weighted by Crippen LogP contribution is 2.19. The van der Waals surface area contributed by atoms with Gasteiger partial charge < -0.3 is 5.73 Å². The number of nitrogens with zero attached hydrogens (tertiary/aromatic N) is 3. The Bertz CT molecular complexity index is 398. The normalized spacial score (nSPS) is 21.2. The van der Waals surface area contributed by atoms with Crippen molar-refractivity contribution in [2.75, 3.05) is 17.2 Å². The summed E-state index contributed by atoms with van der Waals surface area (Å²) in [5.41, 5.74) is 5.35. The van der Waals surface area contributed by atoms with Crippen molar-refractivity contribution in [3.05, 3.63) is 6.20 Å². The number of hydrogen-bond donors (Lipinski definition) is 1. The van der Waals surface area contributed by atoms with Crippen molar-refractivity contribution >= 4 is 15.7 Å². The molecule has 13 heavy (non-hydrogen) atoms. The Balaban J connectivity index is 1.94. The van der Waals surface area contributed by atoms with E-state index in [2.05, 4.69) is 10.2 Å². The largest absolute Gasteiger partial charge is 0.381 e. The Morgan fingerprint density at radius 2 is 2.31 bits per heavy atom. The van der Waals surface area contributed by atoms with E-state index in [0.29, 0.717) is 12.4 Å². The van der Waals surface area contributed by atoms with Gasteiger partial charge in [0.05, 0.1) is 24.2 Å². The summed E-state index contributed by atoms with van der Waals surface area (Å²) in [6, 6.07) is 0. The molecule has 1 fully saturated rings. The fourth-order valence-corrected chi connectivity index (χ4v) is 2.95. The third-order valence-electron chi connectivity index (χ3n) is 1.95. The third kappa shape index (κ3) is 1.80. The number of nitrogen functional groups attached to an aromatic ring is 1. The average Bonchev–Trinajstić information content (AvgIpc) is 2.31. The molecule has 2 N–H and O–H groups in total. The molecule has 6 nitrogen and oxygen atoms in total. The zero-order valence-electron chi connectivity index (χ0n) is 6.92. The smallest absolute Gasteiger partial charge is 0.165 e. The van der Waals surface area contributed by atoms with Crippen molar-refractivity contribution in [1.29, 1.82) is 0 Å². The van der Waals surface area contributed by atoms with Crippen molar-refractivity contribution in [2.45, 2.75) is 6.54 Å². The van der Waals surface area contributed by atoms with E-state index in [1.165, 1.54) is 11.0 Å². The molecule has 1 saturated heterocycles. The summed E-state index contributed by atoms with van der Waals surface area (Å²) in [4.78, 5) is 1.44. The van der Waals surface area contributed by atoms with Gasteiger partial charge in [-0.15, -0.1) is 5.10 Å². The van der Waals surface area contributed by atoms with Crippen LogP contribution in [-0.4, -0.2) is 34.9 Å². The molecular formula is C6H10N4O2S. The first-order valence-electron chi connectivity index (χ1n) is 3.91. The van der Waals surface area contributed by atoms with E-state index in [4.69, 9.17) is 5.73 Å². The van der Waals surface area contributed by atoms with E-state index >= 15 is 0 Å². The van der Waals surface area contributed by atoms with E-state index in [-0.39, 0.29) is 17.4 Å². The molecule has 0 spiro atoms. The van der Waals surface area contributed by atoms with E-state index in [1.807, 2.05) is 0 Å². The monoisotopic (exact) mass is 202 g/mol. The molecular weight excluding hydrogens is 192 g/mol. The molecule has 1 aromatic rings. The maximum absolute atomic E-state index is 10.8. The Morgan fingerprint density at radius 1 is 1.62 bits per heavy atom. The van der Waals surface area contributed by atoms with Gasteiger partial charge in [-0.25, -0.2) is 8.42 Å². The van der Waals surface area contributed by atoms with E-state index in [9.17, 15) is 8.42 Å². The Labute approximate surface area is 75.6 Å². The highest BCUT2D eigenvalue weighted by atomic mass is 32.2. The van der Waals surface area contributed by atoms with Gasteiger partial charge in [-0.3, -0.25) is 0 Å². The van der Waals surface area contributed by atoms with Crippen LogP contribution in [-0.2, 0) is 16.4 Å². The summed E-state index contributed by atoms with van der Waals surface area (Å²) in [7, 11) is -2.74. The lowest BCUT2D eigenvalue weighted by Crippen LogP contribution is -2.39. The lowest BCUT2D eigenvalue weighted by molar-refractivity contribution is 0.411. The van der Waals surface area contributed by atoms with Crippen LogP contribution in [0, 0.1) is 5.92 Å². The van der Waals surface area contributed by atoms with Crippen LogP contribution in [0.4, 0.5) is 5.82 Å². The lowest BCUT2D eigenvalue weighted by Gasteiger charge is -2.24. The van der Waals surface area contributed by atoms with Gasteiger partial charge in [0.15, 0.2) is 15.7 Å². The Kier molecular flexibility index (Phi) is 1.76. The second-order valence-corrected chi connectivity index (χ2v) is 5.42. The molecule has 0 saturated carbocycles. The molecule has 0 bridgehead atoms. The first-order chi connectivity index (χ1) is 6.05. The van der Waals surface area contributed by atoms with Crippen molar-refractivity contribution in [3.8, 4) is 0 Å². The van der Waals surface area contributed by atoms with Crippen LogP contribution in [0.5, 0.6) is 0 Å². The lowest BCUT2D eigenvalue weighted by atomic mass is 10.2. The van der Waals surface area contributed by atoms with Crippen molar-refractivity contribution in [3.63, 3.8) is 0 Å². The van der Waals surface area contributed by atoms with E-state index in [0.717, 1.165) is 0 Å². The van der Waals surface area contributed by atoms with Crippen molar-refractivity contribution in [1.82, 2.24) is 15.0 Å². The number of hydrogen-bond acceptors (Lipinski definition) is 5. The molecule has 1 aromatic heterocycles. The van der Waals surface area contributed by atoms with Gasteiger partial charge in [0, 0.05) is 5.92 Å². The zero-order valence-corrected chi connectivity index (χ0v) is 7.74. The summed E-state index contributed by atoms with van der Waals surface area (Å²) in [6.45, 7) is 0.538. The number of sulfone groups is 1. The predicted molar refractivity (Wildman–Crippen MR) is 46.6 cm³/mol. The van der Waals surface area contributed by atoms with Crippen LogP contribution >= 0.6 is 0 Å². The summed E-state index contributed by atoms with van der Waals surface area (Å²) in [6.07, 6.45) is 1.45. The quantitative estimate of drug-likeness (QED) is 0.657. The van der Waals surface area contributed by atoms with E-state index < -0.39 is 9.84 Å². The maximum atomic E-state index is 10.8. The average molecular weight is 202 g/mol. The predicted octanol–water partition coefficient (Wildman–Crippen LogP) is -1.10. The molecule has 0 aromatic carbocycles. The van der Waals surface area contributed by atoms with Crippen LogP contribution in [0.3, 0.4) is 0 Å². The number of aromatic nitrogens is 3. The van der Waals surface area contributed by atoms with Gasteiger partial charge in [0.25, 0.3) is 0 Å². The Morgan fingerprint density at radius 3 is 2.77 bits per heavy atom. The standard InChI is InChI=1S/C6H10N4O2S/c7-6-1-8-10(9-6)2-5-3-13(11,12)4-5/h1,5H,2-4H2,(H2,7,9). The topological polar surface area (TPSA) is 90.9 Å². The number of nitrogens with two attached hydrogens (primary N) is 1. The first-order valence-corrected chi connectivity index (χ1v) is 5.73. The SMILES string of the molecule is Nc1cnn(CC2CS(=O)(=O)C2)n1. The molecule has 1 aliphatic heterocycles. The second-order valence-electron chi connectivity index (χ2n) is 3.27. The minimum absolute atomic E-state index is 0.150. The third-order valence-corrected chi connectivity index (χ3v) is 3.91. The molecule has 7 heteroatoms. The van der Waals surface area contributed by atoms with Gasteiger partial charge in [-0.1, -0.05) is 0 Å². The zero-order chi connectivity index (χ0) is 9.47. The second kappa shape index (κ2) is 2.69. The van der Waals surface area contributed by atoms with Crippen molar-refractivity contribution < 1.29 is 8.42 Å². The maximum Gasteiger partial charge on any atom is 0.165 e. The summed E-state index contributed by atoms with van der Waals surface area (Å²) in [5.74, 6) is 1.00. The molecule has 1 aliphatic rings. The number of rotatable bonds is 2. The van der Waals surface area contributed by atoms with Gasteiger partial charge in [0.1, 0.15) is 0 Å². The van der Waals surface area contributed by atoms with Crippen LogP contribution < -0.4 is 5.73 Å². The van der Waals surface area contributed by atoms with Crippen LogP contribution in [0.25, 0.3) is 0 Å². The Hall–Kier alpha value is -1.11. The highest BCUT2D eigenvalue weighted by molar-refractivity contribution is 7.92. The highest BCUT2D eigenvalue weighted by Gasteiger charge is 2.33. The fourth-order valence-electron chi connectivity index (χ4n) is 1.40. The van der Waals surface area contributed by atoms with Crippen molar-refractivity contribution in [2.24, 2.45) is 5.92 Å². The molecule has 0 radical (unpaired) electrons. The molecule has 0 unspecified atom stereocenters. The van der Waals surface area contributed by atoms with Crippen LogP contribution in [0.1, 0.15) is 0 Å². The van der Waals surface area contributed by atoms with E-state index in [1.54, 1.807) is 0 Å². The summed E-state index contributed by atoms with van der Waals surface area (Å²) < 4.78 is 21.6.